The molecule has 0 spiro atoms. The van der Waals surface area contributed by atoms with E-state index in [1.54, 1.807) is 32.3 Å². The van der Waals surface area contributed by atoms with Gasteiger partial charge in [-0.05, 0) is 34.2 Å². The molecule has 1 atom stereocenters. The van der Waals surface area contributed by atoms with Gasteiger partial charge in [0.15, 0.2) is 0 Å². The van der Waals surface area contributed by atoms with Gasteiger partial charge in [-0.1, -0.05) is 41.9 Å². The average molecular weight is 399 g/mol. The summed E-state index contributed by atoms with van der Waals surface area (Å²) in [6.45, 7) is 0. The zero-order chi connectivity index (χ0) is 20.1. The fourth-order valence-corrected chi connectivity index (χ4v) is 2.95. The smallest absolute Gasteiger partial charge is 0.254 e. The Morgan fingerprint density at radius 2 is 1.93 bits per heavy atom. The van der Waals surface area contributed by atoms with E-state index < -0.39 is 6.04 Å². The molecule has 0 aliphatic heterocycles. The van der Waals surface area contributed by atoms with E-state index in [1.807, 2.05) is 30.3 Å². The van der Waals surface area contributed by atoms with Gasteiger partial charge in [0.25, 0.3) is 5.91 Å². The third-order valence-electron chi connectivity index (χ3n) is 4.13. The fraction of sp³-hybridized carbons (Fsp3) is 0.211. The van der Waals surface area contributed by atoms with Crippen LogP contribution in [0.1, 0.15) is 22.0 Å². The molecule has 0 saturated carbocycles. The second-order valence-electron chi connectivity index (χ2n) is 6.38. The van der Waals surface area contributed by atoms with Crippen molar-refractivity contribution in [3.05, 3.63) is 71.0 Å². The first-order valence-electron chi connectivity index (χ1n) is 8.54. The maximum absolute atomic E-state index is 12.9. The molecule has 3 rings (SSSR count). The second kappa shape index (κ2) is 8.62. The standard InChI is InChI=1S/C19H19ClN6O2/c1-25(2)19(28)15-9-8-14(11-16(15)20)22-18(27)17(26-12-21-23-24-26)10-13-6-4-3-5-7-13/h3-9,11-12,17H,10H2,1-2H3,(H,22,27). The number of hydrogen-bond donors (Lipinski definition) is 1. The van der Waals surface area contributed by atoms with Crippen LogP contribution in [0.2, 0.25) is 5.02 Å². The zero-order valence-electron chi connectivity index (χ0n) is 15.4. The first-order chi connectivity index (χ1) is 13.5. The third kappa shape index (κ3) is 4.52. The van der Waals surface area contributed by atoms with Crippen molar-refractivity contribution in [1.82, 2.24) is 25.1 Å². The van der Waals surface area contributed by atoms with E-state index in [0.717, 1.165) is 5.56 Å². The number of carbonyl (C=O) groups is 2. The van der Waals surface area contributed by atoms with Gasteiger partial charge in [-0.25, -0.2) is 4.68 Å². The molecule has 28 heavy (non-hydrogen) atoms. The SMILES string of the molecule is CN(C)C(=O)c1ccc(NC(=O)C(Cc2ccccc2)n2cnnn2)cc1Cl. The topological polar surface area (TPSA) is 93.0 Å². The fourth-order valence-electron chi connectivity index (χ4n) is 2.69. The molecule has 1 aromatic heterocycles. The minimum absolute atomic E-state index is 0.210. The Labute approximate surface area is 167 Å². The monoisotopic (exact) mass is 398 g/mol. The molecule has 1 N–H and O–H groups in total. The average Bonchev–Trinajstić information content (AvgIpc) is 3.21. The predicted molar refractivity (Wildman–Crippen MR) is 105 cm³/mol. The Balaban J connectivity index is 1.80. The third-order valence-corrected chi connectivity index (χ3v) is 4.44. The van der Waals surface area contributed by atoms with E-state index in [9.17, 15) is 9.59 Å². The van der Waals surface area contributed by atoms with Crippen LogP contribution in [0.5, 0.6) is 0 Å². The van der Waals surface area contributed by atoms with Crippen molar-refractivity contribution in [2.75, 3.05) is 19.4 Å². The Kier molecular flexibility index (Phi) is 6.00. The van der Waals surface area contributed by atoms with Gasteiger partial charge < -0.3 is 10.2 Å². The minimum Gasteiger partial charge on any atom is -0.345 e. The largest absolute Gasteiger partial charge is 0.345 e. The van der Waals surface area contributed by atoms with Gasteiger partial charge in [0, 0.05) is 26.2 Å². The number of nitrogens with one attached hydrogen (secondary N) is 1. The Morgan fingerprint density at radius 1 is 1.18 bits per heavy atom. The number of tetrazole rings is 1. The lowest BCUT2D eigenvalue weighted by molar-refractivity contribution is -0.119. The highest BCUT2D eigenvalue weighted by molar-refractivity contribution is 6.34. The summed E-state index contributed by atoms with van der Waals surface area (Å²) in [5.74, 6) is -0.502. The number of aromatic nitrogens is 4. The molecule has 0 bridgehead atoms. The number of carbonyl (C=O) groups excluding carboxylic acids is 2. The van der Waals surface area contributed by atoms with Crippen LogP contribution in [0.15, 0.2) is 54.9 Å². The van der Waals surface area contributed by atoms with Crippen LogP contribution in [0.4, 0.5) is 5.69 Å². The number of nitrogens with zero attached hydrogens (tertiary/aromatic N) is 5. The summed E-state index contributed by atoms with van der Waals surface area (Å²) in [6, 6.07) is 13.7. The normalized spacial score (nSPS) is 11.7. The van der Waals surface area contributed by atoms with E-state index >= 15 is 0 Å². The molecule has 3 aromatic rings. The van der Waals surface area contributed by atoms with Gasteiger partial charge in [-0.2, -0.15) is 0 Å². The number of amides is 2. The number of halogens is 1. The lowest BCUT2D eigenvalue weighted by Gasteiger charge is -2.17. The van der Waals surface area contributed by atoms with Crippen molar-refractivity contribution in [2.45, 2.75) is 12.5 Å². The summed E-state index contributed by atoms with van der Waals surface area (Å²) < 4.78 is 1.41. The van der Waals surface area contributed by atoms with E-state index in [2.05, 4.69) is 20.8 Å². The number of anilines is 1. The van der Waals surface area contributed by atoms with E-state index in [4.69, 9.17) is 11.6 Å². The summed E-state index contributed by atoms with van der Waals surface area (Å²) in [5.41, 5.74) is 1.82. The van der Waals surface area contributed by atoms with Crippen molar-refractivity contribution >= 4 is 29.1 Å². The minimum atomic E-state index is -0.640. The molecule has 0 aliphatic carbocycles. The Morgan fingerprint density at radius 3 is 2.54 bits per heavy atom. The first kappa shape index (κ1) is 19.5. The second-order valence-corrected chi connectivity index (χ2v) is 6.79. The number of benzene rings is 2. The van der Waals surface area contributed by atoms with Crippen LogP contribution in [0.3, 0.4) is 0 Å². The molecular weight excluding hydrogens is 380 g/mol. The van der Waals surface area contributed by atoms with Crippen molar-refractivity contribution in [3.8, 4) is 0 Å². The molecule has 0 aliphatic rings. The lowest BCUT2D eigenvalue weighted by atomic mass is 10.1. The zero-order valence-corrected chi connectivity index (χ0v) is 16.2. The Bertz CT molecular complexity index is 960. The van der Waals surface area contributed by atoms with Gasteiger partial charge in [0.1, 0.15) is 12.4 Å². The van der Waals surface area contributed by atoms with Crippen LogP contribution < -0.4 is 5.32 Å². The maximum Gasteiger partial charge on any atom is 0.254 e. The molecule has 2 aromatic carbocycles. The van der Waals surface area contributed by atoms with E-state index in [-0.39, 0.29) is 16.8 Å². The highest BCUT2D eigenvalue weighted by atomic mass is 35.5. The molecule has 0 fully saturated rings. The summed E-state index contributed by atoms with van der Waals surface area (Å²) in [4.78, 5) is 26.4. The molecule has 8 nitrogen and oxygen atoms in total. The number of hydrogen-bond acceptors (Lipinski definition) is 5. The van der Waals surface area contributed by atoms with Gasteiger partial charge in [0.2, 0.25) is 5.91 Å². The van der Waals surface area contributed by atoms with E-state index in [1.165, 1.54) is 15.9 Å². The Hall–Kier alpha value is -3.26. The molecule has 0 radical (unpaired) electrons. The van der Waals surface area contributed by atoms with Gasteiger partial charge in [-0.15, -0.1) is 5.10 Å². The van der Waals surface area contributed by atoms with Crippen molar-refractivity contribution in [2.24, 2.45) is 0 Å². The van der Waals surface area contributed by atoms with Crippen LogP contribution in [-0.2, 0) is 11.2 Å². The van der Waals surface area contributed by atoms with Crippen molar-refractivity contribution < 1.29 is 9.59 Å². The van der Waals surface area contributed by atoms with Gasteiger partial charge in [0.05, 0.1) is 10.6 Å². The summed E-state index contributed by atoms with van der Waals surface area (Å²) in [5, 5.41) is 14.2. The summed E-state index contributed by atoms with van der Waals surface area (Å²) >= 11 is 6.22. The van der Waals surface area contributed by atoms with Crippen LogP contribution in [0.25, 0.3) is 0 Å². The quantitative estimate of drug-likeness (QED) is 0.688. The van der Waals surface area contributed by atoms with Crippen LogP contribution >= 0.6 is 11.6 Å². The summed E-state index contributed by atoms with van der Waals surface area (Å²) in [6.07, 6.45) is 1.82. The van der Waals surface area contributed by atoms with Crippen LogP contribution in [0, 0.1) is 0 Å². The molecular formula is C19H19ClN6O2. The van der Waals surface area contributed by atoms with Crippen molar-refractivity contribution in [3.63, 3.8) is 0 Å². The number of rotatable bonds is 6. The lowest BCUT2D eigenvalue weighted by Crippen LogP contribution is -2.28. The maximum atomic E-state index is 12.9. The van der Waals surface area contributed by atoms with Crippen molar-refractivity contribution in [1.29, 1.82) is 0 Å². The van der Waals surface area contributed by atoms with Gasteiger partial charge >= 0.3 is 0 Å². The molecule has 9 heteroatoms. The first-order valence-corrected chi connectivity index (χ1v) is 8.92. The van der Waals surface area contributed by atoms with E-state index in [0.29, 0.717) is 17.7 Å². The molecule has 1 heterocycles. The molecule has 144 valence electrons. The van der Waals surface area contributed by atoms with Gasteiger partial charge in [-0.3, -0.25) is 9.59 Å². The highest BCUT2D eigenvalue weighted by Crippen LogP contribution is 2.23. The highest BCUT2D eigenvalue weighted by Gasteiger charge is 2.23. The molecule has 1 unspecified atom stereocenters. The summed E-state index contributed by atoms with van der Waals surface area (Å²) in [7, 11) is 3.30. The predicted octanol–water partition coefficient (Wildman–Crippen LogP) is 2.45. The molecule has 2 amide bonds. The van der Waals surface area contributed by atoms with Crippen LogP contribution in [-0.4, -0.2) is 51.0 Å². The molecule has 0 saturated heterocycles.